The summed E-state index contributed by atoms with van der Waals surface area (Å²) >= 11 is 6.92. The van der Waals surface area contributed by atoms with Crippen LogP contribution in [0.25, 0.3) is 11.1 Å². The van der Waals surface area contributed by atoms with Gasteiger partial charge in [0.25, 0.3) is 0 Å². The van der Waals surface area contributed by atoms with Gasteiger partial charge in [0.05, 0.1) is 11.6 Å². The van der Waals surface area contributed by atoms with E-state index in [0.717, 1.165) is 25.6 Å². The SMILES string of the molecule is Cn1c(=O)oc2cc(C(N)c3cc(Br)cc(Br)c3)ccc21. The van der Waals surface area contributed by atoms with Crippen LogP contribution in [0, 0.1) is 0 Å². The maximum atomic E-state index is 11.5. The number of rotatable bonds is 2. The highest BCUT2D eigenvalue weighted by Crippen LogP contribution is 2.28. The summed E-state index contributed by atoms with van der Waals surface area (Å²) in [4.78, 5) is 11.5. The van der Waals surface area contributed by atoms with E-state index in [1.807, 2.05) is 36.4 Å². The van der Waals surface area contributed by atoms with E-state index in [1.165, 1.54) is 4.57 Å². The molecular weight excluding hydrogens is 400 g/mol. The average molecular weight is 412 g/mol. The van der Waals surface area contributed by atoms with Gasteiger partial charge in [0, 0.05) is 16.0 Å². The van der Waals surface area contributed by atoms with Crippen molar-refractivity contribution in [2.75, 3.05) is 0 Å². The molecule has 4 nitrogen and oxygen atoms in total. The molecule has 0 amide bonds. The summed E-state index contributed by atoms with van der Waals surface area (Å²) in [5.41, 5.74) is 9.48. The van der Waals surface area contributed by atoms with Gasteiger partial charge in [-0.25, -0.2) is 4.79 Å². The monoisotopic (exact) mass is 410 g/mol. The summed E-state index contributed by atoms with van der Waals surface area (Å²) in [6.45, 7) is 0. The maximum Gasteiger partial charge on any atom is 0.419 e. The van der Waals surface area contributed by atoms with Gasteiger partial charge < -0.3 is 10.2 Å². The van der Waals surface area contributed by atoms with Gasteiger partial charge in [-0.05, 0) is 41.5 Å². The molecule has 0 spiro atoms. The van der Waals surface area contributed by atoms with Crippen molar-refractivity contribution in [2.45, 2.75) is 6.04 Å². The quantitative estimate of drug-likeness (QED) is 0.699. The molecule has 1 aromatic heterocycles. The smallest absolute Gasteiger partial charge is 0.408 e. The average Bonchev–Trinajstić information content (AvgIpc) is 2.71. The van der Waals surface area contributed by atoms with Crippen molar-refractivity contribution in [1.82, 2.24) is 4.57 Å². The summed E-state index contributed by atoms with van der Waals surface area (Å²) in [6, 6.07) is 11.2. The highest BCUT2D eigenvalue weighted by molar-refractivity contribution is 9.11. The van der Waals surface area contributed by atoms with Crippen LogP contribution in [-0.2, 0) is 7.05 Å². The van der Waals surface area contributed by atoms with Crippen molar-refractivity contribution in [3.63, 3.8) is 0 Å². The lowest BCUT2D eigenvalue weighted by Gasteiger charge is -2.13. The fourth-order valence-corrected chi connectivity index (χ4v) is 3.62. The standard InChI is InChI=1S/C15H12Br2N2O2/c1-19-12-3-2-8(6-13(12)21-15(19)20)14(18)9-4-10(16)7-11(17)5-9/h2-7,14H,18H2,1H3. The van der Waals surface area contributed by atoms with Crippen molar-refractivity contribution >= 4 is 43.0 Å². The van der Waals surface area contributed by atoms with Gasteiger partial charge in [0.1, 0.15) is 0 Å². The highest BCUT2D eigenvalue weighted by Gasteiger charge is 2.13. The first-order chi connectivity index (χ1) is 9.95. The van der Waals surface area contributed by atoms with Crippen molar-refractivity contribution < 1.29 is 4.42 Å². The molecule has 3 aromatic rings. The number of hydrogen-bond donors (Lipinski definition) is 1. The van der Waals surface area contributed by atoms with E-state index in [4.69, 9.17) is 10.2 Å². The van der Waals surface area contributed by atoms with E-state index in [0.29, 0.717) is 5.58 Å². The van der Waals surface area contributed by atoms with E-state index in [-0.39, 0.29) is 11.8 Å². The molecule has 0 aliphatic carbocycles. The number of aromatic nitrogens is 1. The van der Waals surface area contributed by atoms with Crippen molar-refractivity contribution in [3.05, 3.63) is 67.0 Å². The van der Waals surface area contributed by atoms with Crippen LogP contribution in [0.1, 0.15) is 17.2 Å². The molecule has 108 valence electrons. The predicted octanol–water partition coefficient (Wildman–Crippen LogP) is 3.70. The molecule has 6 heteroatoms. The summed E-state index contributed by atoms with van der Waals surface area (Å²) in [7, 11) is 1.68. The zero-order chi connectivity index (χ0) is 15.1. The van der Waals surface area contributed by atoms with Crippen LogP contribution in [0.15, 0.2) is 54.6 Å². The summed E-state index contributed by atoms with van der Waals surface area (Å²) < 4.78 is 8.59. The van der Waals surface area contributed by atoms with Gasteiger partial charge in [0.2, 0.25) is 0 Å². The van der Waals surface area contributed by atoms with Crippen LogP contribution in [-0.4, -0.2) is 4.57 Å². The largest absolute Gasteiger partial charge is 0.419 e. The number of nitrogens with two attached hydrogens (primary N) is 1. The molecule has 0 radical (unpaired) electrons. The van der Waals surface area contributed by atoms with E-state index in [9.17, 15) is 4.79 Å². The second-order valence-corrected chi connectivity index (χ2v) is 6.67. The Labute approximate surface area is 137 Å². The van der Waals surface area contributed by atoms with E-state index >= 15 is 0 Å². The number of hydrogen-bond acceptors (Lipinski definition) is 3. The normalized spacial score (nSPS) is 12.8. The molecule has 1 atom stereocenters. The summed E-state index contributed by atoms with van der Waals surface area (Å²) in [6.07, 6.45) is 0. The Hall–Kier alpha value is -1.37. The number of benzene rings is 2. The Morgan fingerprint density at radius 1 is 1.10 bits per heavy atom. The first-order valence-electron chi connectivity index (χ1n) is 6.27. The molecule has 0 saturated carbocycles. The first kappa shape index (κ1) is 14.6. The van der Waals surface area contributed by atoms with Crippen LogP contribution >= 0.6 is 31.9 Å². The van der Waals surface area contributed by atoms with E-state index < -0.39 is 0 Å². The molecule has 1 unspecified atom stereocenters. The Morgan fingerprint density at radius 2 is 1.76 bits per heavy atom. The minimum Gasteiger partial charge on any atom is -0.408 e. The van der Waals surface area contributed by atoms with Crippen molar-refractivity contribution in [3.8, 4) is 0 Å². The Kier molecular flexibility index (Phi) is 3.77. The van der Waals surface area contributed by atoms with Crippen molar-refractivity contribution in [2.24, 2.45) is 12.8 Å². The van der Waals surface area contributed by atoms with Crippen LogP contribution in [0.2, 0.25) is 0 Å². The molecule has 0 aliphatic rings. The zero-order valence-electron chi connectivity index (χ0n) is 11.1. The molecule has 2 aromatic carbocycles. The Bertz CT molecular complexity index is 863. The van der Waals surface area contributed by atoms with E-state index in [1.54, 1.807) is 7.05 Å². The van der Waals surface area contributed by atoms with Gasteiger partial charge in [0.15, 0.2) is 5.58 Å². The molecular formula is C15H12Br2N2O2. The third-order valence-corrected chi connectivity index (χ3v) is 4.34. The number of aryl methyl sites for hydroxylation is 1. The molecule has 21 heavy (non-hydrogen) atoms. The zero-order valence-corrected chi connectivity index (χ0v) is 14.3. The minimum absolute atomic E-state index is 0.297. The summed E-state index contributed by atoms with van der Waals surface area (Å²) in [5, 5.41) is 0. The van der Waals surface area contributed by atoms with Crippen LogP contribution < -0.4 is 11.5 Å². The van der Waals surface area contributed by atoms with Gasteiger partial charge in [-0.1, -0.05) is 37.9 Å². The number of oxazole rings is 1. The number of nitrogens with zero attached hydrogens (tertiary/aromatic N) is 1. The minimum atomic E-state index is -0.374. The fraction of sp³-hybridized carbons (Fsp3) is 0.133. The third-order valence-electron chi connectivity index (χ3n) is 3.42. The molecule has 3 rings (SSSR count). The van der Waals surface area contributed by atoms with Gasteiger partial charge in [-0.3, -0.25) is 4.57 Å². The van der Waals surface area contributed by atoms with Crippen molar-refractivity contribution in [1.29, 1.82) is 0 Å². The fourth-order valence-electron chi connectivity index (χ4n) is 2.29. The molecule has 2 N–H and O–H groups in total. The van der Waals surface area contributed by atoms with E-state index in [2.05, 4.69) is 31.9 Å². The molecule has 0 saturated heterocycles. The number of halogens is 2. The molecule has 0 aliphatic heterocycles. The Morgan fingerprint density at radius 3 is 2.43 bits per heavy atom. The first-order valence-corrected chi connectivity index (χ1v) is 7.85. The van der Waals surface area contributed by atoms with Gasteiger partial charge in [-0.15, -0.1) is 0 Å². The van der Waals surface area contributed by atoms with Gasteiger partial charge >= 0.3 is 5.76 Å². The second-order valence-electron chi connectivity index (χ2n) is 4.83. The van der Waals surface area contributed by atoms with Crippen LogP contribution in [0.4, 0.5) is 0 Å². The summed E-state index contributed by atoms with van der Waals surface area (Å²) in [5.74, 6) is -0.374. The van der Waals surface area contributed by atoms with Crippen LogP contribution in [0.5, 0.6) is 0 Å². The lowest BCUT2D eigenvalue weighted by molar-refractivity contribution is 0.527. The predicted molar refractivity (Wildman–Crippen MR) is 89.3 cm³/mol. The topological polar surface area (TPSA) is 61.2 Å². The second kappa shape index (κ2) is 5.44. The Balaban J connectivity index is 2.08. The molecule has 0 bridgehead atoms. The highest BCUT2D eigenvalue weighted by atomic mass is 79.9. The molecule has 1 heterocycles. The third kappa shape index (κ3) is 2.71. The lowest BCUT2D eigenvalue weighted by Crippen LogP contribution is -2.12. The lowest BCUT2D eigenvalue weighted by atomic mass is 9.99. The molecule has 0 fully saturated rings. The van der Waals surface area contributed by atoms with Crippen LogP contribution in [0.3, 0.4) is 0 Å². The maximum absolute atomic E-state index is 11.5. The number of fused-ring (bicyclic) bond motifs is 1. The van der Waals surface area contributed by atoms with Gasteiger partial charge in [-0.2, -0.15) is 0 Å².